The molecule has 0 aromatic rings. The van der Waals surface area contributed by atoms with Crippen LogP contribution in [-0.2, 0) is 9.59 Å². The van der Waals surface area contributed by atoms with E-state index in [1.54, 1.807) is 0 Å². The molecule has 6 heteroatoms. The maximum Gasteiger partial charge on any atom is 0.406 e. The third-order valence-corrected chi connectivity index (χ3v) is 1.56. The highest BCUT2D eigenvalue weighted by atomic mass is 16.4. The van der Waals surface area contributed by atoms with Gasteiger partial charge < -0.3 is 10.4 Å². The van der Waals surface area contributed by atoms with Crippen molar-refractivity contribution in [3.63, 3.8) is 0 Å². The van der Waals surface area contributed by atoms with Crippen molar-refractivity contribution in [2.24, 2.45) is 0 Å². The van der Waals surface area contributed by atoms with Gasteiger partial charge >= 0.3 is 6.09 Å². The molecule has 0 spiro atoms. The van der Waals surface area contributed by atoms with E-state index in [0.717, 1.165) is 17.1 Å². The number of hydrogen-bond donors (Lipinski definition) is 2. The molecule has 0 saturated heterocycles. The molecule has 0 radical (unpaired) electrons. The van der Waals surface area contributed by atoms with E-state index in [-0.39, 0.29) is 0 Å². The number of carbonyl (C=O) groups is 3. The van der Waals surface area contributed by atoms with Crippen molar-refractivity contribution in [1.82, 2.24) is 10.2 Å². The lowest BCUT2D eigenvalue weighted by atomic mass is 10.4. The summed E-state index contributed by atoms with van der Waals surface area (Å²) in [5.74, 6) is -1.02. The molecule has 13 heavy (non-hydrogen) atoms. The standard InChI is InChI=1S/C7H8N2O4/c1-4(8-7(12)13)9-5(10)2-3-6(9)11/h2-4,8H,1H3,(H,12,13). The van der Waals surface area contributed by atoms with E-state index in [1.807, 2.05) is 5.32 Å². The molecule has 1 rings (SSSR count). The van der Waals surface area contributed by atoms with Crippen LogP contribution in [0.5, 0.6) is 0 Å². The number of carboxylic acid groups (broad SMARTS) is 1. The van der Waals surface area contributed by atoms with Crippen LogP contribution in [0.3, 0.4) is 0 Å². The van der Waals surface area contributed by atoms with Gasteiger partial charge in [-0.25, -0.2) is 4.79 Å². The number of amides is 3. The number of nitrogens with one attached hydrogen (secondary N) is 1. The molecule has 2 N–H and O–H groups in total. The van der Waals surface area contributed by atoms with Crippen LogP contribution in [0, 0.1) is 0 Å². The van der Waals surface area contributed by atoms with Crippen molar-refractivity contribution in [2.75, 3.05) is 0 Å². The maximum absolute atomic E-state index is 11.0. The molecule has 1 aliphatic rings. The Bertz CT molecular complexity index is 279. The smallest absolute Gasteiger partial charge is 0.406 e. The summed E-state index contributed by atoms with van der Waals surface area (Å²) in [5, 5.41) is 10.3. The van der Waals surface area contributed by atoms with Gasteiger partial charge in [0.15, 0.2) is 0 Å². The summed E-state index contributed by atoms with van der Waals surface area (Å²) in [6.45, 7) is 1.41. The number of carbonyl (C=O) groups excluding carboxylic acids is 2. The minimum absolute atomic E-state index is 0.508. The molecular formula is C7H8N2O4. The number of rotatable bonds is 2. The minimum Gasteiger partial charge on any atom is -0.465 e. The summed E-state index contributed by atoms with van der Waals surface area (Å²) >= 11 is 0. The molecule has 6 nitrogen and oxygen atoms in total. The SMILES string of the molecule is CC(NC(=O)O)N1C(=O)C=CC1=O. The normalized spacial score (nSPS) is 17.8. The second-order valence-corrected chi connectivity index (χ2v) is 2.51. The molecule has 1 aliphatic heterocycles. The van der Waals surface area contributed by atoms with Gasteiger partial charge in [-0.2, -0.15) is 0 Å². The summed E-state index contributed by atoms with van der Waals surface area (Å²) in [4.78, 5) is 33.0. The maximum atomic E-state index is 11.0. The zero-order valence-electron chi connectivity index (χ0n) is 6.85. The predicted molar refractivity (Wildman–Crippen MR) is 41.6 cm³/mol. The van der Waals surface area contributed by atoms with Crippen molar-refractivity contribution >= 4 is 17.9 Å². The second kappa shape index (κ2) is 3.26. The van der Waals surface area contributed by atoms with Gasteiger partial charge in [-0.3, -0.25) is 14.5 Å². The van der Waals surface area contributed by atoms with Crippen LogP contribution < -0.4 is 5.32 Å². The summed E-state index contributed by atoms with van der Waals surface area (Å²) in [5.41, 5.74) is 0. The van der Waals surface area contributed by atoms with Crippen LogP contribution in [0.25, 0.3) is 0 Å². The van der Waals surface area contributed by atoms with Gasteiger partial charge in [0.1, 0.15) is 6.17 Å². The molecule has 70 valence electrons. The number of nitrogens with zero attached hydrogens (tertiary/aromatic N) is 1. The van der Waals surface area contributed by atoms with Gasteiger partial charge in [0.05, 0.1) is 0 Å². The van der Waals surface area contributed by atoms with E-state index in [4.69, 9.17) is 5.11 Å². The van der Waals surface area contributed by atoms with Crippen molar-refractivity contribution in [3.05, 3.63) is 12.2 Å². The topological polar surface area (TPSA) is 86.7 Å². The predicted octanol–water partition coefficient (Wildman–Crippen LogP) is -0.475. The van der Waals surface area contributed by atoms with Gasteiger partial charge in [-0.15, -0.1) is 0 Å². The fourth-order valence-corrected chi connectivity index (χ4v) is 1.04. The molecule has 1 atom stereocenters. The molecule has 3 amide bonds. The first-order valence-electron chi connectivity index (χ1n) is 3.57. The third kappa shape index (κ3) is 1.84. The molecule has 0 fully saturated rings. The Morgan fingerprint density at radius 3 is 2.31 bits per heavy atom. The van der Waals surface area contributed by atoms with Crippen molar-refractivity contribution in [3.8, 4) is 0 Å². The van der Waals surface area contributed by atoms with Crippen molar-refractivity contribution in [1.29, 1.82) is 0 Å². The zero-order valence-corrected chi connectivity index (χ0v) is 6.85. The van der Waals surface area contributed by atoms with Crippen molar-refractivity contribution < 1.29 is 19.5 Å². The monoisotopic (exact) mass is 184 g/mol. The second-order valence-electron chi connectivity index (χ2n) is 2.51. The Morgan fingerprint density at radius 1 is 1.46 bits per heavy atom. The van der Waals surface area contributed by atoms with Gasteiger partial charge in [-0.05, 0) is 6.92 Å². The molecule has 1 heterocycles. The lowest BCUT2D eigenvalue weighted by Gasteiger charge is -2.21. The Labute approximate surface area is 73.8 Å². The fourth-order valence-electron chi connectivity index (χ4n) is 1.04. The minimum atomic E-state index is -1.28. The molecule has 0 bridgehead atoms. The Morgan fingerprint density at radius 2 is 1.92 bits per heavy atom. The van der Waals surface area contributed by atoms with Crippen molar-refractivity contribution in [2.45, 2.75) is 13.1 Å². The van der Waals surface area contributed by atoms with Crippen LogP contribution in [0.2, 0.25) is 0 Å². The van der Waals surface area contributed by atoms with E-state index in [9.17, 15) is 14.4 Å². The number of hydrogen-bond acceptors (Lipinski definition) is 3. The summed E-state index contributed by atoms with van der Waals surface area (Å²) < 4.78 is 0. The highest BCUT2D eigenvalue weighted by Crippen LogP contribution is 2.06. The first kappa shape index (κ1) is 9.24. The summed E-state index contributed by atoms with van der Waals surface area (Å²) in [6.07, 6.45) is 0.0811. The van der Waals surface area contributed by atoms with Gasteiger partial charge in [0, 0.05) is 12.2 Å². The van der Waals surface area contributed by atoms with Crippen LogP contribution in [-0.4, -0.2) is 34.1 Å². The van der Waals surface area contributed by atoms with E-state index in [0.29, 0.717) is 0 Å². The highest BCUT2D eigenvalue weighted by molar-refractivity contribution is 6.13. The quantitative estimate of drug-likeness (QED) is 0.568. The average molecular weight is 184 g/mol. The lowest BCUT2D eigenvalue weighted by Crippen LogP contribution is -2.48. The first-order chi connectivity index (χ1) is 6.02. The van der Waals surface area contributed by atoms with Crippen LogP contribution in [0.4, 0.5) is 4.79 Å². The average Bonchev–Trinajstić information content (AvgIpc) is 2.29. The highest BCUT2D eigenvalue weighted by Gasteiger charge is 2.28. The van der Waals surface area contributed by atoms with E-state index in [1.165, 1.54) is 6.92 Å². The van der Waals surface area contributed by atoms with Crippen LogP contribution >= 0.6 is 0 Å². The van der Waals surface area contributed by atoms with Gasteiger partial charge in [-0.1, -0.05) is 0 Å². The molecule has 0 aromatic carbocycles. The Kier molecular flexibility index (Phi) is 2.32. The molecule has 1 unspecified atom stereocenters. The van der Waals surface area contributed by atoms with Crippen LogP contribution in [0.1, 0.15) is 6.92 Å². The summed E-state index contributed by atoms with van der Waals surface area (Å²) in [7, 11) is 0. The van der Waals surface area contributed by atoms with Gasteiger partial charge in [0.25, 0.3) is 11.8 Å². The molecular weight excluding hydrogens is 176 g/mol. The zero-order chi connectivity index (χ0) is 10.0. The molecule has 0 saturated carbocycles. The van der Waals surface area contributed by atoms with E-state index in [2.05, 4.69) is 0 Å². The third-order valence-electron chi connectivity index (χ3n) is 1.56. The number of imide groups is 1. The molecule has 0 aromatic heterocycles. The first-order valence-corrected chi connectivity index (χ1v) is 3.57. The lowest BCUT2D eigenvalue weighted by molar-refractivity contribution is -0.139. The Hall–Kier alpha value is -1.85. The van der Waals surface area contributed by atoms with E-state index < -0.39 is 24.1 Å². The van der Waals surface area contributed by atoms with E-state index >= 15 is 0 Å². The molecule has 0 aliphatic carbocycles. The van der Waals surface area contributed by atoms with Crippen LogP contribution in [0.15, 0.2) is 12.2 Å². The summed E-state index contributed by atoms with van der Waals surface area (Å²) in [6, 6.07) is 0. The Balaban J connectivity index is 2.67. The van der Waals surface area contributed by atoms with Gasteiger partial charge in [0.2, 0.25) is 0 Å². The largest absolute Gasteiger partial charge is 0.465 e. The fraction of sp³-hybridized carbons (Fsp3) is 0.286.